The molecule has 0 spiro atoms. The van der Waals surface area contributed by atoms with Gasteiger partial charge < -0.3 is 10.1 Å². The fraction of sp³-hybridized carbons (Fsp3) is 0.222. The third kappa shape index (κ3) is 5.21. The van der Waals surface area contributed by atoms with Crippen LogP contribution in [-0.4, -0.2) is 18.8 Å². The summed E-state index contributed by atoms with van der Waals surface area (Å²) in [6, 6.07) is 12.5. The van der Waals surface area contributed by atoms with Crippen LogP contribution in [0.1, 0.15) is 29.6 Å². The average molecular weight is 315 g/mol. The van der Waals surface area contributed by atoms with Gasteiger partial charge in [0.25, 0.3) is 0 Å². The predicted octanol–water partition coefficient (Wildman–Crippen LogP) is 3.83. The molecule has 0 aromatic heterocycles. The number of Topliss-reactive ketones (excluding diaryl/α,β-unsaturated/α-hetero) is 1. The van der Waals surface area contributed by atoms with Crippen molar-refractivity contribution >= 4 is 17.4 Å². The summed E-state index contributed by atoms with van der Waals surface area (Å²) in [6.45, 7) is 0. The van der Waals surface area contributed by atoms with E-state index in [9.17, 15) is 14.0 Å². The van der Waals surface area contributed by atoms with E-state index in [1.165, 1.54) is 24.3 Å². The summed E-state index contributed by atoms with van der Waals surface area (Å²) in [6.07, 6.45) is 0.924. The van der Waals surface area contributed by atoms with Gasteiger partial charge in [0.15, 0.2) is 5.78 Å². The Kier molecular flexibility index (Phi) is 5.86. The quantitative estimate of drug-likeness (QED) is 0.790. The normalized spacial score (nSPS) is 10.2. The number of methoxy groups -OCH3 is 1. The van der Waals surface area contributed by atoms with E-state index in [1.807, 2.05) is 0 Å². The second-order valence-corrected chi connectivity index (χ2v) is 5.06. The molecule has 1 amide bonds. The molecule has 0 unspecified atom stereocenters. The van der Waals surface area contributed by atoms with Crippen LogP contribution in [0.2, 0.25) is 0 Å². The summed E-state index contributed by atoms with van der Waals surface area (Å²) < 4.78 is 17.9. The van der Waals surface area contributed by atoms with Crippen LogP contribution in [0.4, 0.5) is 10.1 Å². The van der Waals surface area contributed by atoms with Gasteiger partial charge in [-0.1, -0.05) is 6.07 Å². The highest BCUT2D eigenvalue weighted by Gasteiger charge is 2.08. The van der Waals surface area contributed by atoms with Crippen molar-refractivity contribution in [1.29, 1.82) is 0 Å². The van der Waals surface area contributed by atoms with Crippen molar-refractivity contribution in [1.82, 2.24) is 0 Å². The average Bonchev–Trinajstić information content (AvgIpc) is 2.55. The van der Waals surface area contributed by atoms with Gasteiger partial charge in [0.2, 0.25) is 5.91 Å². The number of anilines is 1. The highest BCUT2D eigenvalue weighted by molar-refractivity contribution is 5.96. The molecule has 120 valence electrons. The van der Waals surface area contributed by atoms with Gasteiger partial charge in [-0.15, -0.1) is 0 Å². The van der Waals surface area contributed by atoms with Crippen LogP contribution >= 0.6 is 0 Å². The number of ketones is 1. The fourth-order valence-electron chi connectivity index (χ4n) is 2.11. The van der Waals surface area contributed by atoms with Crippen molar-refractivity contribution in [3.8, 4) is 5.75 Å². The predicted molar refractivity (Wildman–Crippen MR) is 86.2 cm³/mol. The van der Waals surface area contributed by atoms with Gasteiger partial charge in [-0.25, -0.2) is 4.39 Å². The zero-order valence-electron chi connectivity index (χ0n) is 12.8. The molecule has 2 aromatic carbocycles. The van der Waals surface area contributed by atoms with Crippen molar-refractivity contribution in [3.63, 3.8) is 0 Å². The smallest absolute Gasteiger partial charge is 0.224 e. The van der Waals surface area contributed by atoms with Gasteiger partial charge in [-0.05, 0) is 42.8 Å². The minimum absolute atomic E-state index is 0.0980. The molecule has 0 atom stereocenters. The van der Waals surface area contributed by atoms with Crippen molar-refractivity contribution in [2.24, 2.45) is 0 Å². The van der Waals surface area contributed by atoms with E-state index in [0.717, 1.165) is 0 Å². The molecule has 0 fully saturated rings. The van der Waals surface area contributed by atoms with Crippen LogP contribution < -0.4 is 10.1 Å². The molecule has 0 aliphatic carbocycles. The van der Waals surface area contributed by atoms with Crippen molar-refractivity contribution < 1.29 is 18.7 Å². The maximum absolute atomic E-state index is 12.8. The van der Waals surface area contributed by atoms with Crippen molar-refractivity contribution in [2.75, 3.05) is 12.4 Å². The number of hydrogen-bond donors (Lipinski definition) is 1. The minimum atomic E-state index is -0.376. The summed E-state index contributed by atoms with van der Waals surface area (Å²) in [5.41, 5.74) is 1.11. The van der Waals surface area contributed by atoms with Crippen molar-refractivity contribution in [3.05, 3.63) is 59.9 Å². The Morgan fingerprint density at radius 1 is 1.09 bits per heavy atom. The maximum Gasteiger partial charge on any atom is 0.224 e. The van der Waals surface area contributed by atoms with Gasteiger partial charge in [-0.3, -0.25) is 9.59 Å². The molecule has 0 radical (unpaired) electrons. The zero-order chi connectivity index (χ0) is 16.7. The Balaban J connectivity index is 1.78. The Morgan fingerprint density at radius 2 is 1.83 bits per heavy atom. The Bertz CT molecular complexity index is 683. The molecule has 0 saturated heterocycles. The largest absolute Gasteiger partial charge is 0.497 e. The fourth-order valence-corrected chi connectivity index (χ4v) is 2.11. The van der Waals surface area contributed by atoms with Gasteiger partial charge in [0.1, 0.15) is 11.6 Å². The highest BCUT2D eigenvalue weighted by atomic mass is 19.1. The lowest BCUT2D eigenvalue weighted by Crippen LogP contribution is -2.12. The third-order valence-electron chi connectivity index (χ3n) is 3.33. The molecule has 0 saturated carbocycles. The molecule has 23 heavy (non-hydrogen) atoms. The number of rotatable bonds is 7. The highest BCUT2D eigenvalue weighted by Crippen LogP contribution is 2.17. The Labute approximate surface area is 134 Å². The van der Waals surface area contributed by atoms with Crippen molar-refractivity contribution in [2.45, 2.75) is 19.3 Å². The number of hydrogen-bond acceptors (Lipinski definition) is 3. The molecule has 2 aromatic rings. The number of benzene rings is 2. The molecule has 4 nitrogen and oxygen atoms in total. The topological polar surface area (TPSA) is 55.4 Å². The van der Waals surface area contributed by atoms with Gasteiger partial charge in [-0.2, -0.15) is 0 Å². The summed E-state index contributed by atoms with van der Waals surface area (Å²) in [5.74, 6) is 0.0258. The standard InChI is InChI=1S/C18H18FNO3/c1-23-16-5-2-4-15(12-16)20-18(22)7-3-6-17(21)13-8-10-14(19)11-9-13/h2,4-5,8-12H,3,6-7H2,1H3,(H,20,22). The van der Waals surface area contributed by atoms with Gasteiger partial charge in [0.05, 0.1) is 7.11 Å². The van der Waals surface area contributed by atoms with E-state index in [2.05, 4.69) is 5.32 Å². The van der Waals surface area contributed by atoms with Crippen LogP contribution in [0.5, 0.6) is 5.75 Å². The SMILES string of the molecule is COc1cccc(NC(=O)CCCC(=O)c2ccc(F)cc2)c1. The molecular weight excluding hydrogens is 297 g/mol. The van der Waals surface area contributed by atoms with E-state index >= 15 is 0 Å². The van der Waals surface area contributed by atoms with Crippen LogP contribution in [0.3, 0.4) is 0 Å². The first-order valence-corrected chi connectivity index (χ1v) is 7.31. The first kappa shape index (κ1) is 16.7. The first-order valence-electron chi connectivity index (χ1n) is 7.31. The van der Waals surface area contributed by atoms with Crippen LogP contribution in [0, 0.1) is 5.82 Å². The van der Waals surface area contributed by atoms with Crippen LogP contribution in [0.25, 0.3) is 0 Å². The van der Waals surface area contributed by atoms with E-state index in [4.69, 9.17) is 4.74 Å². The molecule has 2 rings (SSSR count). The number of carbonyl (C=O) groups is 2. The molecule has 5 heteroatoms. The second kappa shape index (κ2) is 8.08. The molecule has 0 aliphatic rings. The maximum atomic E-state index is 12.8. The van der Waals surface area contributed by atoms with Crippen LogP contribution in [0.15, 0.2) is 48.5 Å². The summed E-state index contributed by atoms with van der Waals surface area (Å²) in [5, 5.41) is 2.76. The number of amides is 1. The molecule has 1 N–H and O–H groups in total. The summed E-state index contributed by atoms with van der Waals surface area (Å²) >= 11 is 0. The van der Waals surface area contributed by atoms with Crippen LogP contribution in [-0.2, 0) is 4.79 Å². The van der Waals surface area contributed by atoms with Gasteiger partial charge >= 0.3 is 0 Å². The summed E-state index contributed by atoms with van der Waals surface area (Å²) in [7, 11) is 1.56. The lowest BCUT2D eigenvalue weighted by Gasteiger charge is -2.07. The molecule has 0 heterocycles. The third-order valence-corrected chi connectivity index (χ3v) is 3.33. The zero-order valence-corrected chi connectivity index (χ0v) is 12.8. The van der Waals surface area contributed by atoms with E-state index in [0.29, 0.717) is 23.4 Å². The van der Waals surface area contributed by atoms with E-state index in [1.54, 1.807) is 31.4 Å². The molecule has 0 bridgehead atoms. The molecule has 0 aliphatic heterocycles. The second-order valence-electron chi connectivity index (χ2n) is 5.06. The van der Waals surface area contributed by atoms with E-state index < -0.39 is 0 Å². The monoisotopic (exact) mass is 315 g/mol. The summed E-state index contributed by atoms with van der Waals surface area (Å²) in [4.78, 5) is 23.8. The first-order chi connectivity index (χ1) is 11.1. The Hall–Kier alpha value is -2.69. The Morgan fingerprint density at radius 3 is 2.52 bits per heavy atom. The minimum Gasteiger partial charge on any atom is -0.497 e. The van der Waals surface area contributed by atoms with Gasteiger partial charge in [0, 0.05) is 30.2 Å². The lowest BCUT2D eigenvalue weighted by molar-refractivity contribution is -0.116. The number of carbonyl (C=O) groups excluding carboxylic acids is 2. The number of halogens is 1. The molecular formula is C18H18FNO3. The van der Waals surface area contributed by atoms with E-state index in [-0.39, 0.29) is 30.3 Å². The lowest BCUT2D eigenvalue weighted by atomic mass is 10.1. The number of ether oxygens (including phenoxy) is 1. The number of nitrogens with one attached hydrogen (secondary N) is 1.